The van der Waals surface area contributed by atoms with Crippen LogP contribution >= 0.6 is 15.9 Å². The van der Waals surface area contributed by atoms with E-state index in [1.165, 1.54) is 27.8 Å². The number of benzene rings is 5. The van der Waals surface area contributed by atoms with Gasteiger partial charge in [0.25, 0.3) is 0 Å². The minimum atomic E-state index is -0.436. The highest BCUT2D eigenvalue weighted by Gasteiger charge is 2.45. The highest BCUT2D eigenvalue weighted by Crippen LogP contribution is 2.53. The molecule has 0 bridgehead atoms. The summed E-state index contributed by atoms with van der Waals surface area (Å²) in [5.74, 6) is 0.0430. The molecule has 0 saturated carbocycles. The highest BCUT2D eigenvalue weighted by atomic mass is 79.9. The Bertz CT molecular complexity index is 1200. The Morgan fingerprint density at radius 3 is 1.21 bits per heavy atom. The lowest BCUT2D eigenvalue weighted by atomic mass is 9.58. The Labute approximate surface area is 204 Å². The van der Waals surface area contributed by atoms with Crippen molar-refractivity contribution in [2.24, 2.45) is 0 Å². The molecule has 33 heavy (non-hydrogen) atoms. The van der Waals surface area contributed by atoms with Crippen LogP contribution in [0.3, 0.4) is 0 Å². The van der Waals surface area contributed by atoms with Gasteiger partial charge in [0.1, 0.15) is 0 Å². The van der Waals surface area contributed by atoms with Gasteiger partial charge in [-0.15, -0.1) is 0 Å². The van der Waals surface area contributed by atoms with Crippen molar-refractivity contribution in [1.82, 2.24) is 0 Å². The average Bonchev–Trinajstić information content (AvgIpc) is 2.90. The summed E-state index contributed by atoms with van der Waals surface area (Å²) in [6.45, 7) is 0. The summed E-state index contributed by atoms with van der Waals surface area (Å²) < 4.78 is 1.12. The van der Waals surface area contributed by atoms with Crippen LogP contribution < -0.4 is 0 Å². The van der Waals surface area contributed by atoms with Crippen molar-refractivity contribution < 1.29 is 0 Å². The van der Waals surface area contributed by atoms with Crippen LogP contribution in [0.5, 0.6) is 0 Å². The van der Waals surface area contributed by atoms with Gasteiger partial charge in [0.2, 0.25) is 0 Å². The van der Waals surface area contributed by atoms with Crippen molar-refractivity contribution in [2.45, 2.75) is 11.3 Å². The molecule has 5 rings (SSSR count). The number of rotatable bonds is 6. The van der Waals surface area contributed by atoms with E-state index >= 15 is 0 Å². The van der Waals surface area contributed by atoms with Crippen LogP contribution in [-0.4, -0.2) is 0 Å². The molecule has 5 aromatic rings. The van der Waals surface area contributed by atoms with Gasteiger partial charge in [-0.3, -0.25) is 0 Å². The topological polar surface area (TPSA) is 0 Å². The maximum atomic E-state index is 3.90. The molecule has 5 aromatic carbocycles. The molecule has 0 aliphatic rings. The number of hydrogen-bond acceptors (Lipinski definition) is 0. The molecule has 0 aliphatic heterocycles. The third-order valence-corrected chi connectivity index (χ3v) is 7.19. The standard InChI is InChI=1S/C32H25Br/c33-30-24-14-13-23-29(30)31(25-15-5-1-6-16-25)32(26-17-7-2-8-18-26,27-19-9-3-10-20-27)28-21-11-4-12-22-28/h1-24,31H. The van der Waals surface area contributed by atoms with E-state index < -0.39 is 5.41 Å². The summed E-state index contributed by atoms with van der Waals surface area (Å²) in [7, 11) is 0. The molecule has 0 aliphatic carbocycles. The van der Waals surface area contributed by atoms with Gasteiger partial charge in [-0.2, -0.15) is 0 Å². The first-order valence-electron chi connectivity index (χ1n) is 11.3. The molecule has 1 atom stereocenters. The third-order valence-electron chi connectivity index (χ3n) is 6.47. The minimum Gasteiger partial charge on any atom is -0.0622 e. The number of halogens is 1. The Balaban J connectivity index is 1.97. The Hall–Kier alpha value is -3.42. The maximum Gasteiger partial charge on any atom is 0.0560 e. The molecule has 1 unspecified atom stereocenters. The van der Waals surface area contributed by atoms with E-state index in [9.17, 15) is 0 Å². The van der Waals surface area contributed by atoms with Crippen molar-refractivity contribution in [3.63, 3.8) is 0 Å². The van der Waals surface area contributed by atoms with Gasteiger partial charge in [-0.25, -0.2) is 0 Å². The van der Waals surface area contributed by atoms with Crippen LogP contribution in [0.1, 0.15) is 33.7 Å². The molecule has 0 N–H and O–H groups in total. The monoisotopic (exact) mass is 488 g/mol. The van der Waals surface area contributed by atoms with Gasteiger partial charge in [0.15, 0.2) is 0 Å². The summed E-state index contributed by atoms with van der Waals surface area (Å²) >= 11 is 3.90. The van der Waals surface area contributed by atoms with Crippen LogP contribution in [0.25, 0.3) is 0 Å². The van der Waals surface area contributed by atoms with Crippen molar-refractivity contribution in [3.05, 3.63) is 178 Å². The Morgan fingerprint density at radius 2 is 0.788 bits per heavy atom. The van der Waals surface area contributed by atoms with Crippen LogP contribution in [0.15, 0.2) is 150 Å². The summed E-state index contributed by atoms with van der Waals surface area (Å²) in [5.41, 5.74) is 5.92. The summed E-state index contributed by atoms with van der Waals surface area (Å²) in [5, 5.41) is 0. The molecule has 0 fully saturated rings. The predicted molar refractivity (Wildman–Crippen MR) is 142 cm³/mol. The van der Waals surface area contributed by atoms with E-state index in [1.54, 1.807) is 0 Å². The SMILES string of the molecule is Brc1ccccc1C(c1ccccc1)C(c1ccccc1)(c1ccccc1)c1ccccc1. The number of hydrogen-bond donors (Lipinski definition) is 0. The van der Waals surface area contributed by atoms with Gasteiger partial charge >= 0.3 is 0 Å². The predicted octanol–water partition coefficient (Wildman–Crippen LogP) is 8.62. The van der Waals surface area contributed by atoms with E-state index in [1.807, 2.05) is 0 Å². The quantitative estimate of drug-likeness (QED) is 0.210. The molecule has 0 aromatic heterocycles. The molecular weight excluding hydrogens is 464 g/mol. The van der Waals surface area contributed by atoms with Crippen molar-refractivity contribution in [3.8, 4) is 0 Å². The first-order chi connectivity index (χ1) is 16.3. The molecule has 0 spiro atoms. The summed E-state index contributed by atoms with van der Waals surface area (Å²) in [6, 6.07) is 52.4. The second-order valence-electron chi connectivity index (χ2n) is 8.27. The second kappa shape index (κ2) is 9.60. The van der Waals surface area contributed by atoms with E-state index in [4.69, 9.17) is 0 Å². The van der Waals surface area contributed by atoms with Crippen molar-refractivity contribution in [2.75, 3.05) is 0 Å². The zero-order valence-electron chi connectivity index (χ0n) is 18.3. The maximum absolute atomic E-state index is 3.90. The first kappa shape index (κ1) is 21.4. The fourth-order valence-corrected chi connectivity index (χ4v) is 5.63. The van der Waals surface area contributed by atoms with Gasteiger partial charge in [-0.1, -0.05) is 155 Å². The van der Waals surface area contributed by atoms with Gasteiger partial charge in [0.05, 0.1) is 5.41 Å². The average molecular weight is 489 g/mol. The lowest BCUT2D eigenvalue weighted by Crippen LogP contribution is -2.37. The fourth-order valence-electron chi connectivity index (χ4n) is 5.12. The zero-order valence-corrected chi connectivity index (χ0v) is 19.9. The van der Waals surface area contributed by atoms with Crippen molar-refractivity contribution >= 4 is 15.9 Å². The van der Waals surface area contributed by atoms with Crippen LogP contribution in [0.4, 0.5) is 0 Å². The summed E-state index contributed by atoms with van der Waals surface area (Å²) in [6.07, 6.45) is 0. The van der Waals surface area contributed by atoms with Gasteiger partial charge < -0.3 is 0 Å². The molecule has 1 heteroatoms. The van der Waals surface area contributed by atoms with Crippen LogP contribution in [0.2, 0.25) is 0 Å². The third kappa shape index (κ3) is 3.94. The Morgan fingerprint density at radius 1 is 0.424 bits per heavy atom. The summed E-state index contributed by atoms with van der Waals surface area (Å²) in [4.78, 5) is 0. The molecule has 0 saturated heterocycles. The van der Waals surface area contributed by atoms with E-state index in [-0.39, 0.29) is 5.92 Å². The minimum absolute atomic E-state index is 0.0430. The normalized spacial score (nSPS) is 12.3. The fraction of sp³-hybridized carbons (Fsp3) is 0.0625. The van der Waals surface area contributed by atoms with E-state index in [2.05, 4.69) is 162 Å². The molecule has 0 nitrogen and oxygen atoms in total. The lowest BCUT2D eigenvalue weighted by Gasteiger charge is -2.44. The highest BCUT2D eigenvalue weighted by molar-refractivity contribution is 9.10. The lowest BCUT2D eigenvalue weighted by molar-refractivity contribution is 0.536. The van der Waals surface area contributed by atoms with Crippen LogP contribution in [0, 0.1) is 0 Å². The Kier molecular flexibility index (Phi) is 6.24. The first-order valence-corrected chi connectivity index (χ1v) is 12.1. The largest absolute Gasteiger partial charge is 0.0622 e. The smallest absolute Gasteiger partial charge is 0.0560 e. The van der Waals surface area contributed by atoms with Crippen molar-refractivity contribution in [1.29, 1.82) is 0 Å². The van der Waals surface area contributed by atoms with E-state index in [0.29, 0.717) is 0 Å². The molecule has 0 heterocycles. The molecule has 0 radical (unpaired) electrons. The molecular formula is C32H25Br. The van der Waals surface area contributed by atoms with E-state index in [0.717, 1.165) is 4.47 Å². The van der Waals surface area contributed by atoms with Gasteiger partial charge in [-0.05, 0) is 33.9 Å². The van der Waals surface area contributed by atoms with Crippen LogP contribution in [-0.2, 0) is 5.41 Å². The molecule has 0 amide bonds. The second-order valence-corrected chi connectivity index (χ2v) is 9.13. The van der Waals surface area contributed by atoms with Gasteiger partial charge in [0, 0.05) is 10.4 Å². The zero-order chi connectivity index (χ0) is 22.5. The molecule has 160 valence electrons.